The van der Waals surface area contributed by atoms with Crippen LogP contribution in [0.15, 0.2) is 30.3 Å². The van der Waals surface area contributed by atoms with E-state index >= 15 is 0 Å². The molecule has 1 aromatic carbocycles. The molecule has 1 fully saturated rings. The molecule has 128 valence electrons. The lowest BCUT2D eigenvalue weighted by Gasteiger charge is -2.25. The van der Waals surface area contributed by atoms with E-state index in [0.717, 1.165) is 32.1 Å². The quantitative estimate of drug-likeness (QED) is 0.732. The first-order valence-corrected chi connectivity index (χ1v) is 7.99. The molecule has 0 aliphatic heterocycles. The van der Waals surface area contributed by atoms with Crippen molar-refractivity contribution in [1.29, 1.82) is 0 Å². The van der Waals surface area contributed by atoms with Crippen molar-refractivity contribution in [2.24, 2.45) is 11.7 Å². The fourth-order valence-electron chi connectivity index (χ4n) is 2.83. The van der Waals surface area contributed by atoms with Crippen LogP contribution in [-0.2, 0) is 16.0 Å². The number of nitrogens with two attached hydrogens (primary N) is 1. The zero-order chi connectivity index (χ0) is 15.8. The molecule has 4 N–H and O–H groups in total. The van der Waals surface area contributed by atoms with Crippen LogP contribution in [0.25, 0.3) is 0 Å². The monoisotopic (exact) mass is 339 g/mol. The Hall–Kier alpha value is -1.59. The van der Waals surface area contributed by atoms with Crippen molar-refractivity contribution in [3.8, 4) is 0 Å². The fourth-order valence-corrected chi connectivity index (χ4v) is 2.83. The van der Waals surface area contributed by atoms with Gasteiger partial charge in [-0.2, -0.15) is 0 Å². The molecule has 2 unspecified atom stereocenters. The highest BCUT2D eigenvalue weighted by atomic mass is 35.5. The zero-order valence-corrected chi connectivity index (χ0v) is 14.1. The van der Waals surface area contributed by atoms with Crippen LogP contribution in [0.2, 0.25) is 0 Å². The second-order valence-corrected chi connectivity index (χ2v) is 5.93. The molecule has 0 radical (unpaired) electrons. The molecule has 6 heteroatoms. The van der Waals surface area contributed by atoms with E-state index in [9.17, 15) is 9.59 Å². The SMILES string of the molecule is Cl.NC1CCCC(C(=O)NCC(=O)NCCc2ccccc2)C1. The van der Waals surface area contributed by atoms with E-state index in [0.29, 0.717) is 6.54 Å². The Morgan fingerprint density at radius 1 is 1.13 bits per heavy atom. The van der Waals surface area contributed by atoms with E-state index in [2.05, 4.69) is 10.6 Å². The molecular weight excluding hydrogens is 314 g/mol. The highest BCUT2D eigenvalue weighted by molar-refractivity contribution is 5.86. The van der Waals surface area contributed by atoms with Gasteiger partial charge >= 0.3 is 0 Å². The molecule has 1 saturated carbocycles. The summed E-state index contributed by atoms with van der Waals surface area (Å²) >= 11 is 0. The van der Waals surface area contributed by atoms with Gasteiger partial charge in [0.05, 0.1) is 6.54 Å². The summed E-state index contributed by atoms with van der Waals surface area (Å²) in [5.74, 6) is -0.237. The lowest BCUT2D eigenvalue weighted by molar-refractivity contribution is -0.129. The van der Waals surface area contributed by atoms with Gasteiger partial charge in [-0.05, 0) is 31.2 Å². The number of benzene rings is 1. The Kier molecular flexibility index (Phi) is 8.66. The molecule has 23 heavy (non-hydrogen) atoms. The summed E-state index contributed by atoms with van der Waals surface area (Å²) in [6.45, 7) is 0.617. The first kappa shape index (κ1) is 19.5. The Morgan fingerprint density at radius 3 is 2.57 bits per heavy atom. The van der Waals surface area contributed by atoms with Gasteiger partial charge in [0.25, 0.3) is 0 Å². The Morgan fingerprint density at radius 2 is 1.87 bits per heavy atom. The zero-order valence-electron chi connectivity index (χ0n) is 13.3. The minimum atomic E-state index is -0.149. The smallest absolute Gasteiger partial charge is 0.239 e. The van der Waals surface area contributed by atoms with Crippen LogP contribution in [0, 0.1) is 5.92 Å². The molecule has 0 heterocycles. The van der Waals surface area contributed by atoms with E-state index in [1.54, 1.807) is 0 Å². The van der Waals surface area contributed by atoms with Crippen molar-refractivity contribution >= 4 is 24.2 Å². The average molecular weight is 340 g/mol. The molecule has 2 rings (SSSR count). The van der Waals surface area contributed by atoms with Crippen molar-refractivity contribution in [2.75, 3.05) is 13.1 Å². The van der Waals surface area contributed by atoms with Gasteiger partial charge in [0, 0.05) is 18.5 Å². The molecule has 0 saturated heterocycles. The van der Waals surface area contributed by atoms with Crippen LogP contribution in [-0.4, -0.2) is 30.9 Å². The molecule has 0 bridgehead atoms. The van der Waals surface area contributed by atoms with Crippen molar-refractivity contribution in [3.05, 3.63) is 35.9 Å². The van der Waals surface area contributed by atoms with Gasteiger partial charge in [0.2, 0.25) is 11.8 Å². The van der Waals surface area contributed by atoms with Crippen LogP contribution in [0.4, 0.5) is 0 Å². The third-order valence-electron chi connectivity index (χ3n) is 4.09. The summed E-state index contributed by atoms with van der Waals surface area (Å²) in [6, 6.07) is 10.1. The highest BCUT2D eigenvalue weighted by Crippen LogP contribution is 2.22. The van der Waals surface area contributed by atoms with Crippen LogP contribution in [0.3, 0.4) is 0 Å². The summed E-state index contributed by atoms with van der Waals surface area (Å²) in [5, 5.41) is 5.53. The Balaban J connectivity index is 0.00000264. The van der Waals surface area contributed by atoms with E-state index < -0.39 is 0 Å². The molecule has 0 spiro atoms. The largest absolute Gasteiger partial charge is 0.354 e. The number of rotatable bonds is 6. The van der Waals surface area contributed by atoms with E-state index in [1.165, 1.54) is 5.56 Å². The van der Waals surface area contributed by atoms with E-state index in [4.69, 9.17) is 5.73 Å². The van der Waals surface area contributed by atoms with Crippen LogP contribution in [0.5, 0.6) is 0 Å². The standard InChI is InChI=1S/C17H25N3O2.ClH/c18-15-8-4-7-14(11-15)17(22)20-12-16(21)19-10-9-13-5-2-1-3-6-13;/h1-3,5-6,14-15H,4,7-12,18H2,(H,19,21)(H,20,22);1H. The summed E-state index contributed by atoms with van der Waals surface area (Å²) in [7, 11) is 0. The van der Waals surface area contributed by atoms with E-state index in [-0.39, 0.29) is 42.7 Å². The second-order valence-electron chi connectivity index (χ2n) is 5.93. The van der Waals surface area contributed by atoms with Crippen LogP contribution in [0.1, 0.15) is 31.2 Å². The predicted molar refractivity (Wildman–Crippen MR) is 93.3 cm³/mol. The molecule has 0 aromatic heterocycles. The van der Waals surface area contributed by atoms with Crippen LogP contribution >= 0.6 is 12.4 Å². The number of amides is 2. The minimum Gasteiger partial charge on any atom is -0.354 e. The lowest BCUT2D eigenvalue weighted by Crippen LogP contribution is -2.42. The number of carbonyl (C=O) groups excluding carboxylic acids is 2. The predicted octanol–water partition coefficient (Wildman–Crippen LogP) is 1.40. The van der Waals surface area contributed by atoms with Gasteiger partial charge in [-0.15, -0.1) is 12.4 Å². The normalized spacial score (nSPS) is 20.2. The summed E-state index contributed by atoms with van der Waals surface area (Å²) in [6.07, 6.45) is 4.36. The molecule has 2 atom stereocenters. The molecular formula is C17H26ClN3O2. The molecule has 5 nitrogen and oxygen atoms in total. The number of halogens is 1. The molecule has 1 aliphatic rings. The molecule has 1 aromatic rings. The van der Waals surface area contributed by atoms with Gasteiger partial charge < -0.3 is 16.4 Å². The summed E-state index contributed by atoms with van der Waals surface area (Å²) in [4.78, 5) is 23.7. The lowest BCUT2D eigenvalue weighted by atomic mass is 9.85. The topological polar surface area (TPSA) is 84.2 Å². The maximum atomic E-state index is 12.0. The maximum Gasteiger partial charge on any atom is 0.239 e. The van der Waals surface area contributed by atoms with Crippen molar-refractivity contribution in [2.45, 2.75) is 38.1 Å². The second kappa shape index (κ2) is 10.2. The maximum absolute atomic E-state index is 12.0. The highest BCUT2D eigenvalue weighted by Gasteiger charge is 2.25. The average Bonchev–Trinajstić information content (AvgIpc) is 2.53. The number of hydrogen-bond acceptors (Lipinski definition) is 3. The van der Waals surface area contributed by atoms with Gasteiger partial charge in [-0.25, -0.2) is 0 Å². The van der Waals surface area contributed by atoms with Crippen molar-refractivity contribution < 1.29 is 9.59 Å². The number of nitrogens with one attached hydrogen (secondary N) is 2. The fraction of sp³-hybridized carbons (Fsp3) is 0.529. The van der Waals surface area contributed by atoms with Crippen LogP contribution < -0.4 is 16.4 Å². The number of carbonyl (C=O) groups is 2. The summed E-state index contributed by atoms with van der Waals surface area (Å²) in [5.41, 5.74) is 7.06. The van der Waals surface area contributed by atoms with Gasteiger partial charge in [-0.3, -0.25) is 9.59 Å². The molecule has 1 aliphatic carbocycles. The third-order valence-corrected chi connectivity index (χ3v) is 4.09. The van der Waals surface area contributed by atoms with Crippen molar-refractivity contribution in [3.63, 3.8) is 0 Å². The van der Waals surface area contributed by atoms with Gasteiger partial charge in [-0.1, -0.05) is 36.8 Å². The van der Waals surface area contributed by atoms with E-state index in [1.807, 2.05) is 30.3 Å². The van der Waals surface area contributed by atoms with Gasteiger partial charge in [0.15, 0.2) is 0 Å². The van der Waals surface area contributed by atoms with Gasteiger partial charge in [0.1, 0.15) is 0 Å². The first-order chi connectivity index (χ1) is 10.6. The Labute approximate surface area is 143 Å². The third kappa shape index (κ3) is 7.01. The summed E-state index contributed by atoms with van der Waals surface area (Å²) < 4.78 is 0. The Bertz CT molecular complexity index is 496. The minimum absolute atomic E-state index is 0. The molecule has 2 amide bonds. The van der Waals surface area contributed by atoms with Crippen molar-refractivity contribution in [1.82, 2.24) is 10.6 Å². The number of hydrogen-bond donors (Lipinski definition) is 3. The first-order valence-electron chi connectivity index (χ1n) is 7.99.